The number of hydrogen-bond acceptors (Lipinski definition) is 6. The predicted molar refractivity (Wildman–Crippen MR) is 107 cm³/mol. The molecule has 1 heterocycles. The van der Waals surface area contributed by atoms with E-state index in [1.54, 1.807) is 30.3 Å². The minimum Gasteiger partial charge on any atom is -0.465 e. The largest absolute Gasteiger partial charge is 0.465 e. The third kappa shape index (κ3) is 4.63. The average Bonchev–Trinajstić information content (AvgIpc) is 2.73. The third-order valence-corrected chi connectivity index (χ3v) is 4.27. The van der Waals surface area contributed by atoms with Gasteiger partial charge < -0.3 is 15.4 Å². The molecule has 0 atom stereocenters. The van der Waals surface area contributed by atoms with E-state index in [-0.39, 0.29) is 11.3 Å². The molecular weight excluding hydrogens is 380 g/mol. The van der Waals surface area contributed by atoms with E-state index in [2.05, 4.69) is 20.6 Å². The molecule has 3 rings (SSSR count). The number of hydrogen-bond donors (Lipinski definition) is 2. The van der Waals surface area contributed by atoms with Gasteiger partial charge in [-0.1, -0.05) is 41.9 Å². The van der Waals surface area contributed by atoms with Crippen molar-refractivity contribution < 1.29 is 14.3 Å². The molecule has 0 saturated carbocycles. The molecule has 0 radical (unpaired) electrons. The molecular formula is C20H17ClN4O3. The minimum atomic E-state index is -0.541. The van der Waals surface area contributed by atoms with Gasteiger partial charge in [0.1, 0.15) is 17.8 Å². The van der Waals surface area contributed by atoms with Gasteiger partial charge in [-0.05, 0) is 23.8 Å². The van der Waals surface area contributed by atoms with E-state index in [4.69, 9.17) is 16.3 Å². The van der Waals surface area contributed by atoms with Gasteiger partial charge in [0.25, 0.3) is 5.91 Å². The Hall–Kier alpha value is -3.45. The molecule has 2 N–H and O–H groups in total. The molecule has 2 aromatic carbocycles. The lowest BCUT2D eigenvalue weighted by molar-refractivity contribution is 0.0602. The number of benzene rings is 2. The molecule has 0 unspecified atom stereocenters. The van der Waals surface area contributed by atoms with Gasteiger partial charge in [0.05, 0.1) is 18.4 Å². The van der Waals surface area contributed by atoms with Crippen molar-refractivity contribution in [2.75, 3.05) is 17.7 Å². The van der Waals surface area contributed by atoms with Crippen LogP contribution in [0.1, 0.15) is 26.4 Å². The maximum absolute atomic E-state index is 12.6. The maximum atomic E-state index is 12.6. The molecule has 142 valence electrons. The monoisotopic (exact) mass is 396 g/mol. The van der Waals surface area contributed by atoms with Crippen LogP contribution in [-0.4, -0.2) is 29.0 Å². The van der Waals surface area contributed by atoms with Crippen LogP contribution < -0.4 is 10.6 Å². The molecule has 0 fully saturated rings. The number of amides is 1. The molecule has 8 heteroatoms. The number of nitrogens with zero attached hydrogens (tertiary/aromatic N) is 2. The molecule has 0 spiro atoms. The van der Waals surface area contributed by atoms with E-state index >= 15 is 0 Å². The topological polar surface area (TPSA) is 93.2 Å². The van der Waals surface area contributed by atoms with Crippen molar-refractivity contribution in [3.63, 3.8) is 0 Å². The van der Waals surface area contributed by atoms with Gasteiger partial charge in [0.15, 0.2) is 0 Å². The molecule has 1 aromatic heterocycles. The molecule has 7 nitrogen and oxygen atoms in total. The van der Waals surface area contributed by atoms with Crippen molar-refractivity contribution in [2.45, 2.75) is 6.54 Å². The van der Waals surface area contributed by atoms with Crippen LogP contribution >= 0.6 is 11.6 Å². The minimum absolute atomic E-state index is 0.149. The standard InChI is InChI=1S/C20H17ClN4O3/c1-28-20(27)14-7-3-5-9-16(14)25-19(26)17-10-18(24-12-23-17)22-11-13-6-2-4-8-15(13)21/h2-10,12H,11H2,1H3,(H,25,26)(H,22,23,24). The fraction of sp³-hybridized carbons (Fsp3) is 0.100. The Labute approximate surface area is 166 Å². The lowest BCUT2D eigenvalue weighted by atomic mass is 10.1. The quantitative estimate of drug-likeness (QED) is 0.616. The van der Waals surface area contributed by atoms with Gasteiger partial charge in [-0.2, -0.15) is 0 Å². The number of anilines is 2. The number of carbonyl (C=O) groups is 2. The number of esters is 1. The summed E-state index contributed by atoms with van der Waals surface area (Å²) in [7, 11) is 1.28. The first-order valence-electron chi connectivity index (χ1n) is 8.36. The summed E-state index contributed by atoms with van der Waals surface area (Å²) in [6.45, 7) is 0.447. The lowest BCUT2D eigenvalue weighted by Crippen LogP contribution is -2.17. The van der Waals surface area contributed by atoms with Crippen LogP contribution in [0.3, 0.4) is 0 Å². The number of methoxy groups -OCH3 is 1. The number of aromatic nitrogens is 2. The number of carbonyl (C=O) groups excluding carboxylic acids is 2. The van der Waals surface area contributed by atoms with E-state index in [1.165, 1.54) is 19.5 Å². The summed E-state index contributed by atoms with van der Waals surface area (Å²) >= 11 is 6.14. The Morgan fingerprint density at radius 2 is 1.82 bits per heavy atom. The van der Waals surface area contributed by atoms with Gasteiger partial charge in [0.2, 0.25) is 0 Å². The molecule has 0 bridgehead atoms. The maximum Gasteiger partial charge on any atom is 0.339 e. The smallest absolute Gasteiger partial charge is 0.339 e. The van der Waals surface area contributed by atoms with Gasteiger partial charge in [-0.25, -0.2) is 14.8 Å². The number of para-hydroxylation sites is 1. The van der Waals surface area contributed by atoms with Crippen LogP contribution in [0.25, 0.3) is 0 Å². The molecule has 1 amide bonds. The molecule has 3 aromatic rings. The first-order chi connectivity index (χ1) is 13.6. The Balaban J connectivity index is 1.73. The van der Waals surface area contributed by atoms with Crippen LogP contribution in [0.15, 0.2) is 60.9 Å². The summed E-state index contributed by atoms with van der Waals surface area (Å²) in [4.78, 5) is 32.5. The number of nitrogens with one attached hydrogen (secondary N) is 2. The fourth-order valence-corrected chi connectivity index (χ4v) is 2.67. The van der Waals surface area contributed by atoms with E-state index < -0.39 is 11.9 Å². The Kier molecular flexibility index (Phi) is 6.18. The van der Waals surface area contributed by atoms with Crippen LogP contribution in [0.2, 0.25) is 5.02 Å². The summed E-state index contributed by atoms with van der Waals surface area (Å²) in [6.07, 6.45) is 1.29. The van der Waals surface area contributed by atoms with Crippen molar-refractivity contribution in [1.82, 2.24) is 9.97 Å². The second-order valence-corrected chi connectivity index (χ2v) is 6.13. The summed E-state index contributed by atoms with van der Waals surface area (Å²) < 4.78 is 4.73. The van der Waals surface area contributed by atoms with E-state index in [0.29, 0.717) is 23.1 Å². The third-order valence-electron chi connectivity index (χ3n) is 3.90. The Morgan fingerprint density at radius 3 is 2.61 bits per heavy atom. The summed E-state index contributed by atoms with van der Waals surface area (Å²) in [6, 6.07) is 15.5. The van der Waals surface area contributed by atoms with E-state index in [0.717, 1.165) is 5.56 Å². The van der Waals surface area contributed by atoms with Gasteiger partial charge in [-0.3, -0.25) is 4.79 Å². The van der Waals surface area contributed by atoms with Crippen LogP contribution in [-0.2, 0) is 11.3 Å². The first-order valence-corrected chi connectivity index (χ1v) is 8.74. The number of halogens is 1. The second-order valence-electron chi connectivity index (χ2n) is 5.72. The zero-order valence-electron chi connectivity index (χ0n) is 15.0. The van der Waals surface area contributed by atoms with Crippen molar-refractivity contribution in [1.29, 1.82) is 0 Å². The zero-order valence-corrected chi connectivity index (χ0v) is 15.7. The average molecular weight is 397 g/mol. The summed E-state index contributed by atoms with van der Waals surface area (Å²) in [5, 5.41) is 6.42. The highest BCUT2D eigenvalue weighted by atomic mass is 35.5. The summed E-state index contributed by atoms with van der Waals surface area (Å²) in [5.74, 6) is -0.540. The van der Waals surface area contributed by atoms with Crippen LogP contribution in [0.4, 0.5) is 11.5 Å². The highest BCUT2D eigenvalue weighted by Gasteiger charge is 2.15. The predicted octanol–water partition coefficient (Wildman–Crippen LogP) is 3.78. The summed E-state index contributed by atoms with van der Waals surface area (Å²) in [5.41, 5.74) is 1.64. The van der Waals surface area contributed by atoms with Crippen molar-refractivity contribution in [3.05, 3.63) is 82.8 Å². The molecule has 0 aliphatic heterocycles. The lowest BCUT2D eigenvalue weighted by Gasteiger charge is -2.10. The second kappa shape index (κ2) is 8.96. The molecule has 0 aliphatic carbocycles. The van der Waals surface area contributed by atoms with Crippen molar-refractivity contribution >= 4 is 35.0 Å². The molecule has 0 saturated heterocycles. The zero-order chi connectivity index (χ0) is 19.9. The highest BCUT2D eigenvalue weighted by molar-refractivity contribution is 6.31. The normalized spacial score (nSPS) is 10.2. The van der Waals surface area contributed by atoms with E-state index in [1.807, 2.05) is 18.2 Å². The van der Waals surface area contributed by atoms with Crippen LogP contribution in [0.5, 0.6) is 0 Å². The van der Waals surface area contributed by atoms with Gasteiger partial charge in [0, 0.05) is 17.6 Å². The number of ether oxygens (including phenoxy) is 1. The molecule has 28 heavy (non-hydrogen) atoms. The van der Waals surface area contributed by atoms with Crippen molar-refractivity contribution in [2.24, 2.45) is 0 Å². The SMILES string of the molecule is COC(=O)c1ccccc1NC(=O)c1cc(NCc2ccccc2Cl)ncn1. The van der Waals surface area contributed by atoms with Gasteiger partial charge in [-0.15, -0.1) is 0 Å². The van der Waals surface area contributed by atoms with Crippen LogP contribution in [0, 0.1) is 0 Å². The van der Waals surface area contributed by atoms with Gasteiger partial charge >= 0.3 is 5.97 Å². The Morgan fingerprint density at radius 1 is 1.07 bits per heavy atom. The highest BCUT2D eigenvalue weighted by Crippen LogP contribution is 2.18. The van der Waals surface area contributed by atoms with Crippen molar-refractivity contribution in [3.8, 4) is 0 Å². The van der Waals surface area contributed by atoms with E-state index in [9.17, 15) is 9.59 Å². The molecule has 0 aliphatic rings. The first kappa shape index (κ1) is 19.3. The fourth-order valence-electron chi connectivity index (χ4n) is 2.47. The number of rotatable bonds is 6. The Bertz CT molecular complexity index is 1010.